The van der Waals surface area contributed by atoms with E-state index in [9.17, 15) is 13.6 Å². The van der Waals surface area contributed by atoms with Gasteiger partial charge in [0.25, 0.3) is 0 Å². The number of nitrogens with one attached hydrogen (secondary N) is 1. The minimum Gasteiger partial charge on any atom is -0.435 e. The van der Waals surface area contributed by atoms with Gasteiger partial charge in [0.15, 0.2) is 0 Å². The highest BCUT2D eigenvalue weighted by Gasteiger charge is 2.55. The summed E-state index contributed by atoms with van der Waals surface area (Å²) in [5.74, 6) is -0.273. The van der Waals surface area contributed by atoms with Crippen LogP contribution in [0.3, 0.4) is 0 Å². The summed E-state index contributed by atoms with van der Waals surface area (Å²) < 4.78 is 29.2. The van der Waals surface area contributed by atoms with Gasteiger partial charge in [0.2, 0.25) is 11.4 Å². The maximum Gasteiger partial charge on any atom is 0.387 e. The Hall–Kier alpha value is -1.91. The van der Waals surface area contributed by atoms with Gasteiger partial charge >= 0.3 is 6.61 Å². The third kappa shape index (κ3) is 4.65. The van der Waals surface area contributed by atoms with Crippen molar-refractivity contribution in [3.05, 3.63) is 34.6 Å². The number of carbonyl (C=O) groups excluding carboxylic acids is 1. The van der Waals surface area contributed by atoms with E-state index < -0.39 is 6.61 Å². The zero-order chi connectivity index (χ0) is 20.6. The fourth-order valence-corrected chi connectivity index (χ4v) is 4.96. The highest BCUT2D eigenvalue weighted by Crippen LogP contribution is 2.49. The van der Waals surface area contributed by atoms with Gasteiger partial charge in [0.05, 0.1) is 6.54 Å². The Bertz CT molecular complexity index is 822. The van der Waals surface area contributed by atoms with Crippen LogP contribution in [0.4, 0.5) is 14.5 Å². The molecule has 3 fully saturated rings. The van der Waals surface area contributed by atoms with Crippen molar-refractivity contribution in [1.82, 2.24) is 4.90 Å². The molecule has 8 heteroatoms. The second kappa shape index (κ2) is 7.73. The number of hydrogen-bond acceptors (Lipinski definition) is 3. The van der Waals surface area contributed by atoms with E-state index in [1.54, 1.807) is 0 Å². The number of likely N-dealkylation sites (tertiary alicyclic amines) is 1. The van der Waals surface area contributed by atoms with Gasteiger partial charge in [-0.05, 0) is 43.2 Å². The lowest BCUT2D eigenvalue weighted by Crippen LogP contribution is -2.59. The van der Waals surface area contributed by atoms with Crippen LogP contribution in [-0.4, -0.2) is 42.6 Å². The predicted molar refractivity (Wildman–Crippen MR) is 106 cm³/mol. The zero-order valence-electron chi connectivity index (χ0n) is 16.1. The zero-order valence-corrected chi connectivity index (χ0v) is 16.9. The van der Waals surface area contributed by atoms with Crippen molar-refractivity contribution in [3.63, 3.8) is 0 Å². The lowest BCUT2D eigenvalue weighted by atomic mass is 9.65. The van der Waals surface area contributed by atoms with E-state index in [0.29, 0.717) is 11.1 Å². The fourth-order valence-electron chi connectivity index (χ4n) is 4.74. The van der Waals surface area contributed by atoms with Crippen molar-refractivity contribution in [2.45, 2.75) is 50.7 Å². The molecular formula is C21H24ClF2N3O2. The van der Waals surface area contributed by atoms with Gasteiger partial charge in [-0.3, -0.25) is 9.69 Å². The smallest absolute Gasteiger partial charge is 0.387 e. The summed E-state index contributed by atoms with van der Waals surface area (Å²) in [6, 6.07) is 4.17. The molecule has 1 heterocycles. The molecule has 3 aliphatic rings. The van der Waals surface area contributed by atoms with E-state index in [4.69, 9.17) is 18.2 Å². The second-order valence-electron chi connectivity index (χ2n) is 8.80. The Labute approximate surface area is 174 Å². The molecule has 1 saturated heterocycles. The molecular weight excluding hydrogens is 400 g/mol. The molecule has 5 nitrogen and oxygen atoms in total. The number of ether oxygens (including phenoxy) is 1. The van der Waals surface area contributed by atoms with E-state index in [1.807, 2.05) is 0 Å². The van der Waals surface area contributed by atoms with Crippen LogP contribution in [0.25, 0.3) is 4.85 Å². The van der Waals surface area contributed by atoms with Crippen molar-refractivity contribution >= 4 is 23.2 Å². The number of halogens is 3. The minimum absolute atomic E-state index is 0.0761. The van der Waals surface area contributed by atoms with Crippen LogP contribution >= 0.6 is 11.6 Å². The maximum absolute atomic E-state index is 12.6. The first-order valence-electron chi connectivity index (χ1n) is 9.98. The van der Waals surface area contributed by atoms with Crippen LogP contribution in [-0.2, 0) is 4.79 Å². The third-order valence-electron chi connectivity index (χ3n) is 6.48. The molecule has 0 bridgehead atoms. The molecule has 4 rings (SSSR count). The topological polar surface area (TPSA) is 45.9 Å². The normalized spacial score (nSPS) is 22.7. The van der Waals surface area contributed by atoms with Crippen LogP contribution < -0.4 is 10.1 Å². The maximum atomic E-state index is 12.6. The number of rotatable bonds is 6. The van der Waals surface area contributed by atoms with E-state index in [2.05, 4.69) is 19.8 Å². The average Bonchev–Trinajstić information content (AvgIpc) is 3.40. The van der Waals surface area contributed by atoms with E-state index in [0.717, 1.165) is 58.2 Å². The van der Waals surface area contributed by atoms with Crippen molar-refractivity contribution in [2.75, 3.05) is 25.0 Å². The third-order valence-corrected chi connectivity index (χ3v) is 6.70. The molecule has 2 aliphatic carbocycles. The molecule has 2 saturated carbocycles. The van der Waals surface area contributed by atoms with E-state index in [1.165, 1.54) is 18.2 Å². The number of nitrogens with zero attached hydrogens (tertiary/aromatic N) is 2. The van der Waals surface area contributed by atoms with Gasteiger partial charge in [-0.2, -0.15) is 8.78 Å². The Kier molecular flexibility index (Phi) is 5.43. The Morgan fingerprint density at radius 2 is 1.97 bits per heavy atom. The first-order valence-corrected chi connectivity index (χ1v) is 10.4. The van der Waals surface area contributed by atoms with Crippen molar-refractivity contribution in [3.8, 4) is 5.75 Å². The first kappa shape index (κ1) is 20.4. The molecule has 156 valence electrons. The van der Waals surface area contributed by atoms with E-state index >= 15 is 0 Å². The Morgan fingerprint density at radius 1 is 1.28 bits per heavy atom. The van der Waals surface area contributed by atoms with Crippen molar-refractivity contribution < 1.29 is 18.3 Å². The monoisotopic (exact) mass is 423 g/mol. The number of anilines is 1. The highest BCUT2D eigenvalue weighted by atomic mass is 35.5. The summed E-state index contributed by atoms with van der Waals surface area (Å²) >= 11 is 5.94. The van der Waals surface area contributed by atoms with Crippen molar-refractivity contribution in [2.24, 2.45) is 11.3 Å². The predicted octanol–water partition coefficient (Wildman–Crippen LogP) is 4.82. The van der Waals surface area contributed by atoms with Crippen molar-refractivity contribution in [1.29, 1.82) is 0 Å². The second-order valence-corrected chi connectivity index (χ2v) is 9.24. The number of amides is 1. The molecule has 1 N–H and O–H groups in total. The van der Waals surface area contributed by atoms with Crippen LogP contribution in [0.5, 0.6) is 5.75 Å². The van der Waals surface area contributed by atoms with Crippen LogP contribution in [0.1, 0.15) is 38.5 Å². The molecule has 0 unspecified atom stereocenters. The summed E-state index contributed by atoms with van der Waals surface area (Å²) in [5, 5.41) is 3.02. The number of hydrogen-bond donors (Lipinski definition) is 1. The van der Waals surface area contributed by atoms with Gasteiger partial charge in [-0.15, -0.1) is 0 Å². The van der Waals surface area contributed by atoms with Crippen LogP contribution in [0.15, 0.2) is 18.2 Å². The van der Waals surface area contributed by atoms with Gasteiger partial charge in [-0.25, -0.2) is 6.57 Å². The Balaban J connectivity index is 1.27. The number of benzene rings is 1. The summed E-state index contributed by atoms with van der Waals surface area (Å²) in [7, 11) is 0. The van der Waals surface area contributed by atoms with Gasteiger partial charge in [0, 0.05) is 48.6 Å². The summed E-state index contributed by atoms with van der Waals surface area (Å²) in [5.41, 5.74) is 0.549. The fraction of sp³-hybridized carbons (Fsp3) is 0.619. The standard InChI is InChI=1S/C21H24ClF2N3O2/c1-25-21(6-7-21)13-27-11-20(12-27)4-2-14(3-5-20)18(28)26-16-8-15(22)9-17(10-16)29-19(23)24/h8-10,14,19H,2-7,11-13H2,(H,26,28). The largest absolute Gasteiger partial charge is 0.435 e. The first-order chi connectivity index (χ1) is 13.8. The van der Waals surface area contributed by atoms with Crippen LogP contribution in [0, 0.1) is 17.9 Å². The summed E-state index contributed by atoms with van der Waals surface area (Å²) in [4.78, 5) is 18.8. The number of alkyl halides is 2. The lowest BCUT2D eigenvalue weighted by molar-refractivity contribution is -0.123. The van der Waals surface area contributed by atoms with Gasteiger partial charge < -0.3 is 14.9 Å². The SMILES string of the molecule is [C-]#[N+]C1(CN2CC3(CCC(C(=O)Nc4cc(Cl)cc(OC(F)F)c4)CC3)C2)CC1. The minimum atomic E-state index is -2.95. The molecule has 1 aliphatic heterocycles. The average molecular weight is 424 g/mol. The molecule has 1 aromatic carbocycles. The summed E-state index contributed by atoms with van der Waals surface area (Å²) in [6.45, 7) is 7.32. The van der Waals surface area contributed by atoms with Gasteiger partial charge in [-0.1, -0.05) is 11.6 Å². The molecule has 0 atom stereocenters. The molecule has 29 heavy (non-hydrogen) atoms. The molecule has 1 spiro atoms. The quantitative estimate of drug-likeness (QED) is 0.667. The molecule has 0 radical (unpaired) electrons. The van der Waals surface area contributed by atoms with Gasteiger partial charge in [0.1, 0.15) is 5.75 Å². The van der Waals surface area contributed by atoms with E-state index in [-0.39, 0.29) is 28.1 Å². The van der Waals surface area contributed by atoms with Crippen LogP contribution in [0.2, 0.25) is 5.02 Å². The highest BCUT2D eigenvalue weighted by molar-refractivity contribution is 6.31. The number of carbonyl (C=O) groups is 1. The molecule has 1 amide bonds. The lowest BCUT2D eigenvalue weighted by Gasteiger charge is -2.53. The molecule has 1 aromatic rings. The molecule has 0 aromatic heterocycles. The Morgan fingerprint density at radius 3 is 2.55 bits per heavy atom. The summed E-state index contributed by atoms with van der Waals surface area (Å²) in [6.07, 6.45) is 5.68.